The Labute approximate surface area is 143 Å². The molecule has 0 aliphatic carbocycles. The fraction of sp³-hybridized carbons (Fsp3) is 0.571. The predicted octanol–water partition coefficient (Wildman–Crippen LogP) is 0.710. The number of carbonyl (C=O) groups excluding carboxylic acids is 1. The van der Waals surface area contributed by atoms with Crippen LogP contribution in [0.2, 0.25) is 0 Å². The number of aryl methyl sites for hydroxylation is 1. The first-order valence-corrected chi connectivity index (χ1v) is 8.35. The highest BCUT2D eigenvalue weighted by Crippen LogP contribution is 2.26. The summed E-state index contributed by atoms with van der Waals surface area (Å²) in [5.41, 5.74) is 5.87. The topological polar surface area (TPSA) is 142 Å². The smallest absolute Gasteiger partial charge is 0.329 e. The average Bonchev–Trinajstić information content (AvgIpc) is 2.86. The van der Waals surface area contributed by atoms with Crippen molar-refractivity contribution in [1.82, 2.24) is 9.88 Å². The van der Waals surface area contributed by atoms with E-state index >= 15 is 0 Å². The molecule has 0 bridgehead atoms. The maximum Gasteiger partial charge on any atom is 0.329 e. The molecular formula is C14H21N5O4S. The van der Waals surface area contributed by atoms with E-state index in [4.69, 9.17) is 21.0 Å². The van der Waals surface area contributed by atoms with Crippen molar-refractivity contribution in [1.29, 1.82) is 5.41 Å². The molecule has 9 nitrogen and oxygen atoms in total. The van der Waals surface area contributed by atoms with Crippen LogP contribution in [0.4, 0.5) is 5.13 Å². The number of amides is 1. The first kappa shape index (κ1) is 18.1. The number of nitrogens with zero attached hydrogens (tertiary/aromatic N) is 2. The van der Waals surface area contributed by atoms with Crippen LogP contribution >= 0.6 is 11.3 Å². The minimum absolute atomic E-state index is 0.107. The Hall–Kier alpha value is -2.20. The van der Waals surface area contributed by atoms with Gasteiger partial charge in [0.25, 0.3) is 5.91 Å². The molecule has 5 N–H and O–H groups in total. The van der Waals surface area contributed by atoms with E-state index < -0.39 is 5.97 Å². The molecule has 1 fully saturated rings. The average molecular weight is 355 g/mol. The zero-order chi connectivity index (χ0) is 17.7. The normalized spacial score (nSPS) is 17.5. The minimum Gasteiger partial charge on any atom is -0.480 e. The molecule has 1 amide bonds. The third kappa shape index (κ3) is 4.90. The van der Waals surface area contributed by atoms with Gasteiger partial charge >= 0.3 is 5.97 Å². The van der Waals surface area contributed by atoms with Crippen LogP contribution < -0.4 is 11.1 Å². The number of hydrogen-bond donors (Lipinski definition) is 4. The lowest BCUT2D eigenvalue weighted by Crippen LogP contribution is -2.41. The molecule has 1 aromatic rings. The molecule has 1 atom stereocenters. The summed E-state index contributed by atoms with van der Waals surface area (Å²) in [5, 5.41) is 18.8. The number of nitrogens with two attached hydrogens (primary N) is 1. The first-order chi connectivity index (χ1) is 11.4. The zero-order valence-electron chi connectivity index (χ0n) is 13.4. The van der Waals surface area contributed by atoms with Crippen LogP contribution in [0, 0.1) is 18.3 Å². The third-order valence-corrected chi connectivity index (χ3v) is 4.68. The molecule has 2 heterocycles. The lowest BCUT2D eigenvalue weighted by molar-refractivity contribution is -0.142. The van der Waals surface area contributed by atoms with Gasteiger partial charge in [-0.15, -0.1) is 0 Å². The first-order valence-electron chi connectivity index (χ1n) is 7.54. The molecule has 1 aliphatic heterocycles. The van der Waals surface area contributed by atoms with Gasteiger partial charge in [0.05, 0.1) is 12.3 Å². The number of rotatable bonds is 6. The zero-order valence-corrected chi connectivity index (χ0v) is 14.2. The molecule has 0 saturated carbocycles. The SMILES string of the molecule is Cc1nc(NC(=N)N)sc1C(=O)N1CCC[C@@H](COCC(=O)O)C1. The molecule has 0 unspecified atom stereocenters. The van der Waals surface area contributed by atoms with Crippen LogP contribution in [0.1, 0.15) is 28.2 Å². The van der Waals surface area contributed by atoms with E-state index in [1.54, 1.807) is 11.8 Å². The number of carboxylic acid groups (broad SMARTS) is 1. The van der Waals surface area contributed by atoms with Gasteiger partial charge in [-0.1, -0.05) is 11.3 Å². The highest BCUT2D eigenvalue weighted by molar-refractivity contribution is 7.17. The van der Waals surface area contributed by atoms with E-state index in [0.29, 0.717) is 35.4 Å². The van der Waals surface area contributed by atoms with Crippen molar-refractivity contribution in [3.8, 4) is 0 Å². The molecule has 0 aromatic carbocycles. The van der Waals surface area contributed by atoms with Crippen molar-refractivity contribution in [2.45, 2.75) is 19.8 Å². The Kier molecular flexibility index (Phi) is 6.10. The quantitative estimate of drug-likeness (QED) is 0.435. The summed E-state index contributed by atoms with van der Waals surface area (Å²) in [4.78, 5) is 29.7. The Balaban J connectivity index is 1.97. The van der Waals surface area contributed by atoms with Gasteiger partial charge in [-0.25, -0.2) is 9.78 Å². The van der Waals surface area contributed by atoms with Crippen LogP contribution in [0.3, 0.4) is 0 Å². The van der Waals surface area contributed by atoms with Crippen molar-refractivity contribution in [3.63, 3.8) is 0 Å². The maximum absolute atomic E-state index is 12.7. The number of anilines is 1. The Morgan fingerprint density at radius 3 is 3.00 bits per heavy atom. The minimum atomic E-state index is -0.996. The second-order valence-corrected chi connectivity index (χ2v) is 6.64. The van der Waals surface area contributed by atoms with Crippen LogP contribution in [-0.4, -0.2) is 59.1 Å². The number of aliphatic carboxylic acids is 1. The van der Waals surface area contributed by atoms with E-state index in [2.05, 4.69) is 10.3 Å². The molecule has 1 aliphatic rings. The number of piperidine rings is 1. The summed E-state index contributed by atoms with van der Waals surface area (Å²) in [6, 6.07) is 0. The lowest BCUT2D eigenvalue weighted by Gasteiger charge is -2.32. The Morgan fingerprint density at radius 2 is 2.33 bits per heavy atom. The van der Waals surface area contributed by atoms with Gasteiger partial charge < -0.3 is 25.8 Å². The van der Waals surface area contributed by atoms with Gasteiger partial charge in [0.15, 0.2) is 11.1 Å². The summed E-state index contributed by atoms with van der Waals surface area (Å²) in [5.74, 6) is -1.20. The summed E-state index contributed by atoms with van der Waals surface area (Å²) >= 11 is 1.17. The van der Waals surface area contributed by atoms with Gasteiger partial charge in [0, 0.05) is 13.1 Å². The molecule has 1 aromatic heterocycles. The molecular weight excluding hydrogens is 334 g/mol. The van der Waals surface area contributed by atoms with Crippen molar-refractivity contribution in [2.75, 3.05) is 31.6 Å². The number of ether oxygens (including phenoxy) is 1. The standard InChI is InChI=1S/C14H21N5O4S/c1-8-11(24-14(17-8)18-13(15)16)12(22)19-4-2-3-9(5-19)6-23-7-10(20)21/h9H,2-7H2,1H3,(H,20,21)(H4,15,16,17,18)/t9-/m1/s1. The van der Waals surface area contributed by atoms with Crippen LogP contribution in [0.5, 0.6) is 0 Å². The molecule has 24 heavy (non-hydrogen) atoms. The molecule has 10 heteroatoms. The Morgan fingerprint density at radius 1 is 1.58 bits per heavy atom. The number of likely N-dealkylation sites (tertiary alicyclic amines) is 1. The second kappa shape index (κ2) is 8.06. The fourth-order valence-corrected chi connectivity index (χ4v) is 3.55. The van der Waals surface area contributed by atoms with Crippen molar-refractivity contribution < 1.29 is 19.4 Å². The summed E-state index contributed by atoms with van der Waals surface area (Å²) in [6.07, 6.45) is 1.76. The molecule has 2 rings (SSSR count). The Bertz CT molecular complexity index is 633. The highest BCUT2D eigenvalue weighted by Gasteiger charge is 2.27. The van der Waals surface area contributed by atoms with E-state index in [1.807, 2.05) is 0 Å². The highest BCUT2D eigenvalue weighted by atomic mass is 32.1. The third-order valence-electron chi connectivity index (χ3n) is 3.62. The molecule has 0 radical (unpaired) electrons. The summed E-state index contributed by atoms with van der Waals surface area (Å²) in [6.45, 7) is 2.94. The largest absolute Gasteiger partial charge is 0.480 e. The van der Waals surface area contributed by atoms with E-state index in [0.717, 1.165) is 12.8 Å². The molecule has 1 saturated heterocycles. The number of thiazole rings is 1. The number of hydrogen-bond acceptors (Lipinski definition) is 6. The van der Waals surface area contributed by atoms with Crippen molar-refractivity contribution in [2.24, 2.45) is 11.7 Å². The second-order valence-electron chi connectivity index (χ2n) is 5.64. The predicted molar refractivity (Wildman–Crippen MR) is 89.5 cm³/mol. The molecule has 132 valence electrons. The lowest BCUT2D eigenvalue weighted by atomic mass is 9.99. The number of guanidine groups is 1. The van der Waals surface area contributed by atoms with Crippen molar-refractivity contribution >= 4 is 34.3 Å². The van der Waals surface area contributed by atoms with Crippen molar-refractivity contribution in [3.05, 3.63) is 10.6 Å². The van der Waals surface area contributed by atoms with Crippen LogP contribution in [0.25, 0.3) is 0 Å². The van der Waals surface area contributed by atoms with Crippen LogP contribution in [0.15, 0.2) is 0 Å². The summed E-state index contributed by atoms with van der Waals surface area (Å²) < 4.78 is 5.15. The number of nitrogens with one attached hydrogen (secondary N) is 2. The van der Waals surface area contributed by atoms with Gasteiger partial charge in [-0.05, 0) is 25.7 Å². The number of aromatic nitrogens is 1. The molecule has 0 spiro atoms. The van der Waals surface area contributed by atoms with Gasteiger partial charge in [0.1, 0.15) is 11.5 Å². The summed E-state index contributed by atoms with van der Waals surface area (Å²) in [7, 11) is 0. The van der Waals surface area contributed by atoms with Gasteiger partial charge in [0.2, 0.25) is 0 Å². The van der Waals surface area contributed by atoms with E-state index in [-0.39, 0.29) is 24.4 Å². The maximum atomic E-state index is 12.7. The fourth-order valence-electron chi connectivity index (χ4n) is 2.61. The number of carboxylic acids is 1. The number of carbonyl (C=O) groups is 2. The van der Waals surface area contributed by atoms with Crippen LogP contribution in [-0.2, 0) is 9.53 Å². The van der Waals surface area contributed by atoms with E-state index in [1.165, 1.54) is 11.3 Å². The monoisotopic (exact) mass is 355 g/mol. The van der Waals surface area contributed by atoms with Gasteiger partial charge in [-0.2, -0.15) is 0 Å². The van der Waals surface area contributed by atoms with E-state index in [9.17, 15) is 9.59 Å². The van der Waals surface area contributed by atoms with Gasteiger partial charge in [-0.3, -0.25) is 10.2 Å².